The third-order valence-electron chi connectivity index (χ3n) is 12.0. The van der Waals surface area contributed by atoms with E-state index in [9.17, 15) is 28.5 Å². The Kier molecular flexibility index (Phi) is 23.7. The lowest BCUT2D eigenvalue weighted by atomic mass is 10.1. The molecule has 0 bridgehead atoms. The Balaban J connectivity index is 0.000000264. The average molecular weight is 1180 g/mol. The number of rotatable bonds is 20. The van der Waals surface area contributed by atoms with E-state index in [1.165, 1.54) is 38.6 Å². The molecule has 0 saturated heterocycles. The Hall–Kier alpha value is -9.04. The average Bonchev–Trinajstić information content (AvgIpc) is 2.69. The lowest BCUT2D eigenvalue weighted by Gasteiger charge is -2.18. The number of anilines is 5. The number of carbonyl (C=O) groups is 2. The number of aryl methyl sites for hydroxylation is 2. The highest BCUT2D eigenvalue weighted by molar-refractivity contribution is 6.66. The van der Waals surface area contributed by atoms with E-state index >= 15 is 4.39 Å². The minimum atomic E-state index is -1.03. The van der Waals surface area contributed by atoms with Crippen LogP contribution in [-0.2, 0) is 9.59 Å². The maximum Gasteiger partial charge on any atom is 0.307 e. The number of nitrogens with zero attached hydrogens (tertiary/aromatic N) is 11. The van der Waals surface area contributed by atoms with Gasteiger partial charge in [-0.25, -0.2) is 38.7 Å². The molecule has 4 heterocycles. The first-order valence-electron chi connectivity index (χ1n) is 25.9. The Morgan fingerprint density at radius 3 is 1.56 bits per heavy atom. The molecule has 0 aliphatic heterocycles. The number of imidazole rings is 2. The summed E-state index contributed by atoms with van der Waals surface area (Å²) in [5.41, 5.74) is 4.28. The van der Waals surface area contributed by atoms with Crippen molar-refractivity contribution in [3.63, 3.8) is 0 Å². The first-order chi connectivity index (χ1) is 39.8. The number of halogens is 4. The molecule has 4 aromatic heterocycles. The molecular formula is C58H68ClF3N14O8. The number of likely N-dealkylation sites (N-methyl/N-ethyl adjacent to an activating group) is 2. The van der Waals surface area contributed by atoms with Crippen molar-refractivity contribution < 1.29 is 47.0 Å². The van der Waals surface area contributed by atoms with E-state index in [1.54, 1.807) is 36.5 Å². The zero-order valence-corrected chi connectivity index (χ0v) is 49.5. The highest BCUT2D eigenvalue weighted by Crippen LogP contribution is 2.39. The quantitative estimate of drug-likeness (QED) is 0.0239. The van der Waals surface area contributed by atoms with Crippen molar-refractivity contribution in [2.45, 2.75) is 53.6 Å². The first-order valence-corrected chi connectivity index (χ1v) is 26.3. The highest BCUT2D eigenvalue weighted by Gasteiger charge is 2.22. The molecule has 26 heteroatoms. The van der Waals surface area contributed by atoms with Gasteiger partial charge in [0.2, 0.25) is 28.9 Å². The number of methoxy groups -OCH3 is 2. The van der Waals surface area contributed by atoms with Gasteiger partial charge in [0.1, 0.15) is 46.5 Å². The third kappa shape index (κ3) is 17.3. The maximum absolute atomic E-state index is 15.1. The summed E-state index contributed by atoms with van der Waals surface area (Å²) in [6, 6.07) is 15.2. The number of hydrogen-bond acceptors (Lipinski definition) is 18. The van der Waals surface area contributed by atoms with E-state index in [1.807, 2.05) is 94.7 Å². The summed E-state index contributed by atoms with van der Waals surface area (Å²) in [6.45, 7) is 20.4. The second kappa shape index (κ2) is 30.3. The van der Waals surface area contributed by atoms with Crippen LogP contribution in [0, 0.1) is 41.4 Å². The van der Waals surface area contributed by atoms with Crippen LogP contribution in [0.25, 0.3) is 44.6 Å². The SMILES string of the molecule is C=CC(=O)Cl.C=CC(=O)Nc1cc(Nc2nccc(-c3cc(F)c4nc(C)n(C(C)C)c4c3)n2)c(OC)cc1OCCN(C)C.CN(C)CCO.COc1cc(F)c([N+](=O)[O-])cc1Nc1nccc(-c2cc(F)c3nc(C)n(C(C)C)c3c2)n1. The fourth-order valence-corrected chi connectivity index (χ4v) is 8.25. The van der Waals surface area contributed by atoms with Crippen molar-refractivity contribution in [1.29, 1.82) is 0 Å². The molecular weight excluding hydrogens is 1110 g/mol. The van der Waals surface area contributed by atoms with Crippen molar-refractivity contribution in [2.75, 3.05) is 84.7 Å². The smallest absolute Gasteiger partial charge is 0.307 e. The Morgan fingerprint density at radius 1 is 0.702 bits per heavy atom. The minimum Gasteiger partial charge on any atom is -0.494 e. The van der Waals surface area contributed by atoms with Gasteiger partial charge in [0.05, 0.1) is 65.2 Å². The van der Waals surface area contributed by atoms with E-state index in [2.05, 4.69) is 59.0 Å². The second-order valence-electron chi connectivity index (χ2n) is 19.4. The molecule has 4 N–H and O–H groups in total. The Labute approximate surface area is 489 Å². The number of hydrogen-bond donors (Lipinski definition) is 4. The molecule has 0 aliphatic carbocycles. The van der Waals surface area contributed by atoms with Crippen LogP contribution in [-0.4, -0.2) is 139 Å². The van der Waals surface area contributed by atoms with Crippen molar-refractivity contribution in [3.05, 3.63) is 138 Å². The molecule has 84 heavy (non-hydrogen) atoms. The number of aliphatic hydroxyl groups excluding tert-OH is 1. The number of ether oxygens (including phenoxy) is 3. The lowest BCUT2D eigenvalue weighted by molar-refractivity contribution is -0.387. The molecule has 0 radical (unpaired) electrons. The fourth-order valence-electron chi connectivity index (χ4n) is 8.25. The van der Waals surface area contributed by atoms with Gasteiger partial charge in [-0.2, -0.15) is 4.39 Å². The zero-order chi connectivity index (χ0) is 62.1. The molecule has 4 aromatic carbocycles. The molecule has 0 unspecified atom stereocenters. The van der Waals surface area contributed by atoms with E-state index in [0.717, 1.165) is 30.6 Å². The number of nitro groups is 1. The normalized spacial score (nSPS) is 10.9. The fraction of sp³-hybridized carbons (Fsp3) is 0.310. The third-order valence-corrected chi connectivity index (χ3v) is 12.1. The second-order valence-corrected chi connectivity index (χ2v) is 19.7. The van der Waals surface area contributed by atoms with Gasteiger partial charge in [0, 0.05) is 66.9 Å². The Bertz CT molecular complexity index is 3650. The summed E-state index contributed by atoms with van der Waals surface area (Å²) in [7, 11) is 10.6. The molecule has 0 atom stereocenters. The number of aliphatic hydroxyl groups is 1. The molecule has 8 aromatic rings. The van der Waals surface area contributed by atoms with Gasteiger partial charge in [0.25, 0.3) is 0 Å². The van der Waals surface area contributed by atoms with Gasteiger partial charge in [-0.05, 0) is 136 Å². The van der Waals surface area contributed by atoms with Crippen molar-refractivity contribution in [2.24, 2.45) is 0 Å². The van der Waals surface area contributed by atoms with E-state index < -0.39 is 33.3 Å². The molecule has 0 saturated carbocycles. The molecule has 0 aliphatic rings. The highest BCUT2D eigenvalue weighted by atomic mass is 35.5. The van der Waals surface area contributed by atoms with Crippen LogP contribution >= 0.6 is 11.6 Å². The van der Waals surface area contributed by atoms with Gasteiger partial charge in [-0.15, -0.1) is 0 Å². The lowest BCUT2D eigenvalue weighted by Crippen LogP contribution is -2.20. The van der Waals surface area contributed by atoms with Gasteiger partial charge in [0.15, 0.2) is 11.6 Å². The van der Waals surface area contributed by atoms with Crippen molar-refractivity contribution in [1.82, 2.24) is 48.8 Å². The van der Waals surface area contributed by atoms with Gasteiger partial charge < -0.3 is 54.2 Å². The monoisotopic (exact) mass is 1180 g/mol. The summed E-state index contributed by atoms with van der Waals surface area (Å²) in [5.74, 6) is 0.384. The van der Waals surface area contributed by atoms with Crippen LogP contribution in [0.5, 0.6) is 17.2 Å². The van der Waals surface area contributed by atoms with Crippen LogP contribution in [0.2, 0.25) is 0 Å². The Morgan fingerprint density at radius 2 is 1.17 bits per heavy atom. The van der Waals surface area contributed by atoms with Gasteiger partial charge in [-0.1, -0.05) is 13.2 Å². The molecule has 0 spiro atoms. The predicted octanol–water partition coefficient (Wildman–Crippen LogP) is 11.1. The molecule has 1 amide bonds. The van der Waals surface area contributed by atoms with Crippen molar-refractivity contribution >= 4 is 79.5 Å². The summed E-state index contributed by atoms with van der Waals surface area (Å²) in [4.78, 5) is 62.0. The number of nitro benzene ring substituents is 1. The molecule has 22 nitrogen and oxygen atoms in total. The summed E-state index contributed by atoms with van der Waals surface area (Å²) < 4.78 is 64.4. The van der Waals surface area contributed by atoms with Crippen LogP contribution < -0.4 is 30.2 Å². The van der Waals surface area contributed by atoms with Crippen LogP contribution in [0.3, 0.4) is 0 Å². The number of amides is 1. The summed E-state index contributed by atoms with van der Waals surface area (Å²) >= 11 is 4.71. The van der Waals surface area contributed by atoms with Crippen LogP contribution in [0.15, 0.2) is 98.4 Å². The predicted molar refractivity (Wildman–Crippen MR) is 320 cm³/mol. The van der Waals surface area contributed by atoms with E-state index in [0.29, 0.717) is 80.9 Å². The van der Waals surface area contributed by atoms with E-state index in [4.69, 9.17) is 30.9 Å². The number of nitrogens with one attached hydrogen (secondary N) is 3. The molecule has 446 valence electrons. The zero-order valence-electron chi connectivity index (χ0n) is 48.7. The number of allylic oxidation sites excluding steroid dienone is 1. The first kappa shape index (κ1) is 65.8. The largest absolute Gasteiger partial charge is 0.494 e. The number of carbonyl (C=O) groups excluding carboxylic acids is 2. The summed E-state index contributed by atoms with van der Waals surface area (Å²) in [5, 5.41) is 27.5. The standard InChI is InChI=1S/C29H34FN7O3.C22H20F2N6O3.C4H11NO.C3H3ClO/c1-8-27(38)33-23-15-22(25(39-7)16-26(23)40-12-11-36(5)6)35-29-31-10-9-21(34-29)19-13-20(30)28-24(14-19)37(17(2)3)18(4)32-28;1-11(2)29-12(3)26-21-15(24)7-13(8-19(21)29)16-5-6-25-22(27-16)28-17-10-18(30(31)32)14(23)9-20(17)33-4;1-5(2)3-4-6;1-2-3(4)5/h8-10,13-17H,1,11-12H2,2-7H3,(H,33,38)(H,31,34,35);5-11H,1-4H3,(H,25,27,28);6H,3-4H2,1-2H3;2H,1H2. The number of fused-ring (bicyclic) bond motifs is 2. The summed E-state index contributed by atoms with van der Waals surface area (Å²) in [6.07, 6.45) is 5.27. The topological polar surface area (TPSA) is 255 Å². The maximum atomic E-state index is 15.1. The molecule has 8 rings (SSSR count). The number of benzene rings is 4. The molecule has 0 fully saturated rings. The number of aromatic nitrogens is 8. The van der Waals surface area contributed by atoms with Gasteiger partial charge in [-0.3, -0.25) is 19.7 Å². The van der Waals surface area contributed by atoms with Crippen molar-refractivity contribution in [3.8, 4) is 39.8 Å². The van der Waals surface area contributed by atoms with Gasteiger partial charge >= 0.3 is 5.69 Å². The van der Waals surface area contributed by atoms with Crippen LogP contribution in [0.1, 0.15) is 51.4 Å². The minimum absolute atomic E-state index is 0.0378. The van der Waals surface area contributed by atoms with E-state index in [-0.39, 0.29) is 53.4 Å². The van der Waals surface area contributed by atoms with Crippen LogP contribution in [0.4, 0.5) is 47.8 Å².